The second-order valence-electron chi connectivity index (χ2n) is 8.72. The maximum absolute atomic E-state index is 12.6. The van der Waals surface area contributed by atoms with Crippen LogP contribution in [0, 0.1) is 22.7 Å². The molecule has 4 atom stereocenters. The van der Waals surface area contributed by atoms with Crippen molar-refractivity contribution in [2.45, 2.75) is 78.9 Å². The number of rotatable bonds is 3. The minimum absolute atomic E-state index is 0.00890. The number of carbonyl (C=O) groups is 2. The fraction of sp³-hybridized carbons (Fsp3) is 0.895. The van der Waals surface area contributed by atoms with E-state index < -0.39 is 18.1 Å². The Bertz CT molecular complexity index is 488. The van der Waals surface area contributed by atoms with E-state index in [9.17, 15) is 9.59 Å². The van der Waals surface area contributed by atoms with Gasteiger partial charge in [-0.15, -0.1) is 0 Å². The average Bonchev–Trinajstić information content (AvgIpc) is 2.44. The van der Waals surface area contributed by atoms with Crippen molar-refractivity contribution in [2.24, 2.45) is 22.7 Å². The molecule has 2 aliphatic rings. The quantitative estimate of drug-likeness (QED) is 0.792. The Morgan fingerprint density at radius 1 is 1.12 bits per heavy atom. The van der Waals surface area contributed by atoms with Gasteiger partial charge >= 0.3 is 12.1 Å². The number of hydrogen-bond acceptors (Lipinski definition) is 4. The molecule has 24 heavy (non-hydrogen) atoms. The Morgan fingerprint density at radius 3 is 2.38 bits per heavy atom. The van der Waals surface area contributed by atoms with Crippen LogP contribution in [-0.4, -0.2) is 31.3 Å². The van der Waals surface area contributed by atoms with Gasteiger partial charge in [-0.25, -0.2) is 4.79 Å². The largest absolute Gasteiger partial charge is 0.469 e. The number of amides is 1. The summed E-state index contributed by atoms with van der Waals surface area (Å²) < 4.78 is 10.8. The Balaban J connectivity index is 2.28. The molecule has 1 amide bonds. The molecule has 0 aliphatic heterocycles. The smallest absolute Gasteiger partial charge is 0.407 e. The SMILES string of the molecule is COC(=O)[C@H]1[C@H](OC(=O)NC(C)C)CC[C@H]2C(C)(C)CCC[C@]12C. The van der Waals surface area contributed by atoms with Gasteiger partial charge in [0.15, 0.2) is 0 Å². The molecule has 2 rings (SSSR count). The first kappa shape index (κ1) is 19.1. The number of fused-ring (bicyclic) bond motifs is 1. The Kier molecular flexibility index (Phi) is 5.50. The van der Waals surface area contributed by atoms with Gasteiger partial charge in [0, 0.05) is 6.04 Å². The number of ether oxygens (including phenoxy) is 2. The molecule has 0 heterocycles. The van der Waals surface area contributed by atoms with Crippen LogP contribution in [0.4, 0.5) is 4.79 Å². The number of nitrogens with one attached hydrogen (secondary N) is 1. The third kappa shape index (κ3) is 3.55. The molecule has 0 aromatic rings. The molecule has 0 radical (unpaired) electrons. The van der Waals surface area contributed by atoms with Gasteiger partial charge in [-0.1, -0.05) is 27.2 Å². The summed E-state index contributed by atoms with van der Waals surface area (Å²) in [7, 11) is 1.43. The predicted molar refractivity (Wildman–Crippen MR) is 92.5 cm³/mol. The monoisotopic (exact) mass is 339 g/mol. The number of alkyl carbamates (subject to hydrolysis) is 1. The zero-order valence-electron chi connectivity index (χ0n) is 16.0. The highest BCUT2D eigenvalue weighted by Gasteiger charge is 2.58. The lowest BCUT2D eigenvalue weighted by molar-refractivity contribution is -0.175. The molecule has 0 bridgehead atoms. The lowest BCUT2D eigenvalue weighted by Crippen LogP contribution is -2.57. The highest BCUT2D eigenvalue weighted by Crippen LogP contribution is 2.60. The highest BCUT2D eigenvalue weighted by molar-refractivity contribution is 5.75. The normalized spacial score (nSPS) is 35.0. The van der Waals surface area contributed by atoms with Crippen LogP contribution in [0.2, 0.25) is 0 Å². The van der Waals surface area contributed by atoms with E-state index in [-0.39, 0.29) is 22.8 Å². The number of methoxy groups -OCH3 is 1. The summed E-state index contributed by atoms with van der Waals surface area (Å²) in [5.74, 6) is -0.197. The van der Waals surface area contributed by atoms with E-state index in [0.29, 0.717) is 5.92 Å². The minimum Gasteiger partial charge on any atom is -0.469 e. The molecular weight excluding hydrogens is 306 g/mol. The maximum atomic E-state index is 12.6. The predicted octanol–water partition coefficient (Wildman–Crippen LogP) is 3.91. The van der Waals surface area contributed by atoms with E-state index in [2.05, 4.69) is 26.1 Å². The Morgan fingerprint density at radius 2 is 1.79 bits per heavy atom. The lowest BCUT2D eigenvalue weighted by Gasteiger charge is -2.57. The van der Waals surface area contributed by atoms with Crippen molar-refractivity contribution >= 4 is 12.1 Å². The van der Waals surface area contributed by atoms with Crippen LogP contribution in [0.3, 0.4) is 0 Å². The summed E-state index contributed by atoms with van der Waals surface area (Å²) >= 11 is 0. The average molecular weight is 339 g/mol. The third-order valence-electron chi connectivity index (χ3n) is 6.22. The molecule has 0 aromatic heterocycles. The summed E-state index contributed by atoms with van der Waals surface area (Å²) in [4.78, 5) is 24.7. The summed E-state index contributed by atoms with van der Waals surface area (Å²) in [6, 6.07) is 0.00890. The molecular formula is C19H33NO4. The number of hydrogen-bond donors (Lipinski definition) is 1. The van der Waals surface area contributed by atoms with Crippen LogP contribution in [-0.2, 0) is 14.3 Å². The van der Waals surface area contributed by atoms with Gasteiger partial charge in [-0.3, -0.25) is 4.79 Å². The molecule has 2 saturated carbocycles. The molecule has 0 aromatic carbocycles. The fourth-order valence-corrected chi connectivity index (χ4v) is 5.26. The van der Waals surface area contributed by atoms with Crippen molar-refractivity contribution in [2.75, 3.05) is 7.11 Å². The van der Waals surface area contributed by atoms with Gasteiger partial charge in [0.05, 0.1) is 13.0 Å². The van der Waals surface area contributed by atoms with Gasteiger partial charge < -0.3 is 14.8 Å². The van der Waals surface area contributed by atoms with Crippen LogP contribution in [0.1, 0.15) is 66.7 Å². The zero-order chi connectivity index (χ0) is 18.1. The third-order valence-corrected chi connectivity index (χ3v) is 6.22. The van der Waals surface area contributed by atoms with Crippen molar-refractivity contribution in [3.05, 3.63) is 0 Å². The van der Waals surface area contributed by atoms with E-state index in [0.717, 1.165) is 25.7 Å². The topological polar surface area (TPSA) is 64.6 Å². The molecule has 0 unspecified atom stereocenters. The first-order valence-electron chi connectivity index (χ1n) is 9.17. The molecule has 5 nitrogen and oxygen atoms in total. The second kappa shape index (κ2) is 6.93. The van der Waals surface area contributed by atoms with E-state index in [1.54, 1.807) is 0 Å². The van der Waals surface area contributed by atoms with E-state index in [1.165, 1.54) is 13.5 Å². The molecule has 0 saturated heterocycles. The van der Waals surface area contributed by atoms with Crippen LogP contribution < -0.4 is 5.32 Å². The first-order valence-corrected chi connectivity index (χ1v) is 9.17. The molecule has 2 aliphatic carbocycles. The van der Waals surface area contributed by atoms with Gasteiger partial charge in [0.2, 0.25) is 0 Å². The lowest BCUT2D eigenvalue weighted by atomic mass is 9.48. The molecule has 138 valence electrons. The van der Waals surface area contributed by atoms with E-state index >= 15 is 0 Å². The Labute approximate surface area is 145 Å². The van der Waals surface area contributed by atoms with Gasteiger partial charge in [0.25, 0.3) is 0 Å². The van der Waals surface area contributed by atoms with Crippen LogP contribution in [0.25, 0.3) is 0 Å². The molecule has 0 spiro atoms. The first-order chi connectivity index (χ1) is 11.1. The highest BCUT2D eigenvalue weighted by atomic mass is 16.6. The maximum Gasteiger partial charge on any atom is 0.407 e. The molecule has 5 heteroatoms. The van der Waals surface area contributed by atoms with Crippen LogP contribution in [0.5, 0.6) is 0 Å². The standard InChI is InChI=1S/C19H33NO4/c1-12(2)20-17(22)24-13-8-9-14-18(3,4)10-7-11-19(14,5)15(13)16(21)23-6/h12-15H,7-11H2,1-6H3,(H,20,22)/t13-,14+,15-,19+/m1/s1. The minimum atomic E-state index is -0.443. The van der Waals surface area contributed by atoms with Gasteiger partial charge in [-0.2, -0.15) is 0 Å². The van der Waals surface area contributed by atoms with Crippen LogP contribution >= 0.6 is 0 Å². The summed E-state index contributed by atoms with van der Waals surface area (Å²) in [5.41, 5.74) is 0.0142. The van der Waals surface area contributed by atoms with Gasteiger partial charge in [0.1, 0.15) is 6.10 Å². The van der Waals surface area contributed by atoms with Crippen molar-refractivity contribution < 1.29 is 19.1 Å². The fourth-order valence-electron chi connectivity index (χ4n) is 5.26. The van der Waals surface area contributed by atoms with Crippen molar-refractivity contribution in [1.82, 2.24) is 5.32 Å². The van der Waals surface area contributed by atoms with E-state index in [1.807, 2.05) is 13.8 Å². The zero-order valence-corrected chi connectivity index (χ0v) is 16.0. The van der Waals surface area contributed by atoms with Crippen molar-refractivity contribution in [3.8, 4) is 0 Å². The van der Waals surface area contributed by atoms with Crippen molar-refractivity contribution in [1.29, 1.82) is 0 Å². The van der Waals surface area contributed by atoms with E-state index in [4.69, 9.17) is 9.47 Å². The van der Waals surface area contributed by atoms with Crippen molar-refractivity contribution in [3.63, 3.8) is 0 Å². The second-order valence-corrected chi connectivity index (χ2v) is 8.72. The molecule has 2 fully saturated rings. The summed E-state index contributed by atoms with van der Waals surface area (Å²) in [6.07, 6.45) is 4.10. The number of esters is 1. The number of carbonyl (C=O) groups excluding carboxylic acids is 2. The summed E-state index contributed by atoms with van der Waals surface area (Å²) in [5, 5.41) is 2.76. The Hall–Kier alpha value is -1.26. The van der Waals surface area contributed by atoms with Gasteiger partial charge in [-0.05, 0) is 56.3 Å². The summed E-state index contributed by atoms with van der Waals surface area (Å²) in [6.45, 7) is 10.6. The van der Waals surface area contributed by atoms with Crippen LogP contribution in [0.15, 0.2) is 0 Å². The molecule has 1 N–H and O–H groups in total.